The van der Waals surface area contributed by atoms with Gasteiger partial charge < -0.3 is 9.47 Å². The highest BCUT2D eigenvalue weighted by atomic mass is 79.9. The Bertz CT molecular complexity index is 493. The lowest BCUT2D eigenvalue weighted by Crippen LogP contribution is -2.12. The summed E-state index contributed by atoms with van der Waals surface area (Å²) in [5.41, 5.74) is 0.675. The van der Waals surface area contributed by atoms with Crippen LogP contribution in [0.15, 0.2) is 22.2 Å². The number of carbonyl (C=O) groups excluding carboxylic acids is 3. The zero-order valence-corrected chi connectivity index (χ0v) is 14.5. The van der Waals surface area contributed by atoms with E-state index in [-0.39, 0.29) is 24.1 Å². The van der Waals surface area contributed by atoms with Crippen molar-refractivity contribution in [3.63, 3.8) is 0 Å². The molecule has 1 aliphatic carbocycles. The Labute approximate surface area is 138 Å². The molecular weight excluding hydrogens is 352 g/mol. The largest absolute Gasteiger partial charge is 0.466 e. The second-order valence-electron chi connectivity index (χ2n) is 5.13. The van der Waals surface area contributed by atoms with Gasteiger partial charge in [-0.1, -0.05) is 22.0 Å². The molecule has 6 heteroatoms. The lowest BCUT2D eigenvalue weighted by atomic mass is 10.1. The molecule has 0 spiro atoms. The minimum absolute atomic E-state index is 0.0199. The summed E-state index contributed by atoms with van der Waals surface area (Å²) in [6.07, 6.45) is 6.62. The first-order valence-electron chi connectivity index (χ1n) is 7.27. The number of ether oxygens (including phenoxy) is 2. The van der Waals surface area contributed by atoms with E-state index < -0.39 is 6.10 Å². The normalized spacial score (nSPS) is 18.1. The maximum Gasteiger partial charge on any atom is 0.303 e. The molecule has 0 saturated carbocycles. The SMILES string of the molecule is CC(=O)OCCCC/C=C(\Br)CC1=C[C@H](OC(C)=O)CC1=O. The van der Waals surface area contributed by atoms with Gasteiger partial charge in [0.15, 0.2) is 5.78 Å². The van der Waals surface area contributed by atoms with E-state index in [0.29, 0.717) is 18.6 Å². The summed E-state index contributed by atoms with van der Waals surface area (Å²) in [6.45, 7) is 3.17. The lowest BCUT2D eigenvalue weighted by molar-refractivity contribution is -0.144. The summed E-state index contributed by atoms with van der Waals surface area (Å²) < 4.78 is 10.8. The van der Waals surface area contributed by atoms with Crippen molar-refractivity contribution in [2.75, 3.05) is 6.61 Å². The molecule has 0 aromatic heterocycles. The van der Waals surface area contributed by atoms with Gasteiger partial charge in [0, 0.05) is 20.3 Å². The monoisotopic (exact) mass is 372 g/mol. The van der Waals surface area contributed by atoms with Crippen molar-refractivity contribution >= 4 is 33.7 Å². The zero-order valence-electron chi connectivity index (χ0n) is 12.9. The molecule has 0 aromatic carbocycles. The van der Waals surface area contributed by atoms with Gasteiger partial charge in [-0.2, -0.15) is 0 Å². The topological polar surface area (TPSA) is 69.7 Å². The van der Waals surface area contributed by atoms with Crippen molar-refractivity contribution in [3.05, 3.63) is 22.2 Å². The van der Waals surface area contributed by atoms with E-state index in [1.54, 1.807) is 6.08 Å². The van der Waals surface area contributed by atoms with Crippen molar-refractivity contribution in [1.29, 1.82) is 0 Å². The van der Waals surface area contributed by atoms with Crippen LogP contribution in [0, 0.1) is 0 Å². The van der Waals surface area contributed by atoms with Gasteiger partial charge in [0.1, 0.15) is 6.10 Å². The summed E-state index contributed by atoms with van der Waals surface area (Å²) in [5, 5.41) is 0. The minimum atomic E-state index is -0.427. The molecule has 0 aromatic rings. The average molecular weight is 373 g/mol. The number of Topliss-reactive ketones (excluding diaryl/α,β-unsaturated/α-hetero) is 1. The molecule has 122 valence electrons. The molecule has 0 amide bonds. The van der Waals surface area contributed by atoms with E-state index in [2.05, 4.69) is 15.9 Å². The molecule has 0 bridgehead atoms. The molecule has 5 nitrogen and oxygen atoms in total. The fraction of sp³-hybridized carbons (Fsp3) is 0.562. The van der Waals surface area contributed by atoms with Crippen LogP contribution in [0.5, 0.6) is 0 Å². The van der Waals surface area contributed by atoms with Gasteiger partial charge in [-0.3, -0.25) is 14.4 Å². The Balaban J connectivity index is 2.32. The lowest BCUT2D eigenvalue weighted by Gasteiger charge is -2.05. The van der Waals surface area contributed by atoms with Gasteiger partial charge in [0.25, 0.3) is 0 Å². The summed E-state index contributed by atoms with van der Waals surface area (Å²) in [7, 11) is 0. The molecule has 0 radical (unpaired) electrons. The summed E-state index contributed by atoms with van der Waals surface area (Å²) in [6, 6.07) is 0. The summed E-state index contributed by atoms with van der Waals surface area (Å²) in [4.78, 5) is 33.3. The maximum absolute atomic E-state index is 11.8. The fourth-order valence-corrected chi connectivity index (χ4v) is 2.64. The Kier molecular flexibility index (Phi) is 8.09. The van der Waals surface area contributed by atoms with Crippen LogP contribution in [-0.4, -0.2) is 30.4 Å². The van der Waals surface area contributed by atoms with E-state index in [4.69, 9.17) is 9.47 Å². The predicted molar refractivity (Wildman–Crippen MR) is 85.4 cm³/mol. The fourth-order valence-electron chi connectivity index (χ4n) is 2.11. The standard InChI is InChI=1S/C16H21BrO5/c1-11(18)21-7-5-3-4-6-14(17)8-13-9-15(10-16(13)20)22-12(2)19/h6,9,15H,3-5,7-8,10H2,1-2H3/b14-6-/t15-/m0/s1. The zero-order chi connectivity index (χ0) is 16.5. The Morgan fingerprint density at radius 3 is 2.68 bits per heavy atom. The Morgan fingerprint density at radius 1 is 1.32 bits per heavy atom. The Hall–Kier alpha value is -1.43. The number of esters is 2. The van der Waals surface area contributed by atoms with E-state index in [1.807, 2.05) is 6.08 Å². The van der Waals surface area contributed by atoms with E-state index in [1.165, 1.54) is 13.8 Å². The number of hydrogen-bond donors (Lipinski definition) is 0. The third kappa shape index (κ3) is 7.54. The van der Waals surface area contributed by atoms with Crippen molar-refractivity contribution in [1.82, 2.24) is 0 Å². The third-order valence-electron chi connectivity index (χ3n) is 3.08. The van der Waals surface area contributed by atoms with Crippen molar-refractivity contribution in [2.45, 2.75) is 52.1 Å². The molecule has 0 aliphatic heterocycles. The van der Waals surface area contributed by atoms with Gasteiger partial charge >= 0.3 is 11.9 Å². The van der Waals surface area contributed by atoms with Gasteiger partial charge in [0.05, 0.1) is 13.0 Å². The van der Waals surface area contributed by atoms with Crippen molar-refractivity contribution < 1.29 is 23.9 Å². The van der Waals surface area contributed by atoms with Gasteiger partial charge in [-0.15, -0.1) is 0 Å². The first-order valence-corrected chi connectivity index (χ1v) is 8.06. The second kappa shape index (κ2) is 9.56. The predicted octanol–water partition coefficient (Wildman–Crippen LogP) is 3.22. The van der Waals surface area contributed by atoms with Gasteiger partial charge in [-0.25, -0.2) is 0 Å². The number of unbranched alkanes of at least 4 members (excludes halogenated alkanes) is 2. The van der Waals surface area contributed by atoms with Crippen LogP contribution in [0.3, 0.4) is 0 Å². The maximum atomic E-state index is 11.8. The number of rotatable bonds is 8. The quantitative estimate of drug-likeness (QED) is 0.483. The first kappa shape index (κ1) is 18.6. The molecule has 0 unspecified atom stereocenters. The van der Waals surface area contributed by atoms with Crippen LogP contribution < -0.4 is 0 Å². The highest BCUT2D eigenvalue weighted by molar-refractivity contribution is 9.11. The van der Waals surface area contributed by atoms with E-state index in [9.17, 15) is 14.4 Å². The molecular formula is C16H21BrO5. The summed E-state index contributed by atoms with van der Waals surface area (Å²) in [5.74, 6) is -0.616. The number of halogens is 1. The van der Waals surface area contributed by atoms with Crippen LogP contribution in [-0.2, 0) is 23.9 Å². The van der Waals surface area contributed by atoms with Crippen molar-refractivity contribution in [3.8, 4) is 0 Å². The smallest absolute Gasteiger partial charge is 0.303 e. The number of carbonyl (C=O) groups is 3. The molecule has 0 saturated heterocycles. The van der Waals surface area contributed by atoms with Crippen LogP contribution >= 0.6 is 15.9 Å². The highest BCUT2D eigenvalue weighted by Crippen LogP contribution is 2.26. The average Bonchev–Trinajstić information content (AvgIpc) is 2.72. The molecule has 1 aliphatic rings. The van der Waals surface area contributed by atoms with Crippen molar-refractivity contribution in [2.24, 2.45) is 0 Å². The number of allylic oxidation sites excluding steroid dienone is 3. The molecule has 0 heterocycles. The highest BCUT2D eigenvalue weighted by Gasteiger charge is 2.25. The van der Waals surface area contributed by atoms with Crippen LogP contribution in [0.1, 0.15) is 46.0 Å². The van der Waals surface area contributed by atoms with Gasteiger partial charge in [0.2, 0.25) is 0 Å². The molecule has 0 N–H and O–H groups in total. The van der Waals surface area contributed by atoms with Gasteiger partial charge in [-0.05, 0) is 35.4 Å². The third-order valence-corrected chi connectivity index (χ3v) is 3.68. The Morgan fingerprint density at radius 2 is 2.05 bits per heavy atom. The van der Waals surface area contributed by atoms with Crippen LogP contribution in [0.4, 0.5) is 0 Å². The number of ketones is 1. The molecule has 0 fully saturated rings. The summed E-state index contributed by atoms with van der Waals surface area (Å²) >= 11 is 3.45. The first-order chi connectivity index (χ1) is 10.4. The minimum Gasteiger partial charge on any atom is -0.466 e. The number of hydrogen-bond acceptors (Lipinski definition) is 5. The van der Waals surface area contributed by atoms with E-state index in [0.717, 1.165) is 23.7 Å². The van der Waals surface area contributed by atoms with Crippen LogP contribution in [0.2, 0.25) is 0 Å². The molecule has 1 rings (SSSR count). The van der Waals surface area contributed by atoms with Crippen LogP contribution in [0.25, 0.3) is 0 Å². The molecule has 1 atom stereocenters. The van der Waals surface area contributed by atoms with E-state index >= 15 is 0 Å². The molecule has 22 heavy (non-hydrogen) atoms. The second-order valence-corrected chi connectivity index (χ2v) is 6.15.